The van der Waals surface area contributed by atoms with Crippen LogP contribution in [0.1, 0.15) is 26.3 Å². The van der Waals surface area contributed by atoms with Crippen LogP contribution in [0.15, 0.2) is 30.5 Å². The highest BCUT2D eigenvalue weighted by Gasteiger charge is 2.19. The van der Waals surface area contributed by atoms with E-state index in [9.17, 15) is 13.2 Å². The first-order valence-corrected chi connectivity index (χ1v) is 9.01. The van der Waals surface area contributed by atoms with Crippen molar-refractivity contribution in [3.63, 3.8) is 0 Å². The molecule has 1 heterocycles. The second kappa shape index (κ2) is 6.33. The molecule has 0 bridgehead atoms. The minimum absolute atomic E-state index is 0.0295. The van der Waals surface area contributed by atoms with Gasteiger partial charge in [0.25, 0.3) is 0 Å². The van der Waals surface area contributed by atoms with Crippen molar-refractivity contribution in [2.24, 2.45) is 0 Å². The van der Waals surface area contributed by atoms with Crippen LogP contribution in [0, 0.1) is 0 Å². The van der Waals surface area contributed by atoms with Crippen LogP contribution in [0.3, 0.4) is 0 Å². The quantitative estimate of drug-likeness (QED) is 0.929. The third-order valence-electron chi connectivity index (χ3n) is 3.32. The zero-order chi connectivity index (χ0) is 17.3. The van der Waals surface area contributed by atoms with Gasteiger partial charge < -0.3 is 4.74 Å². The van der Waals surface area contributed by atoms with E-state index in [1.165, 1.54) is 11.6 Å². The number of carbonyl (C=O) groups excluding carboxylic acids is 1. The predicted octanol–water partition coefficient (Wildman–Crippen LogP) is 2.52. The van der Waals surface area contributed by atoms with Gasteiger partial charge in [-0.2, -0.15) is 0 Å². The molecular formula is C16H22N2O4S. The number of ether oxygens (including phenoxy) is 1. The average molecular weight is 338 g/mol. The van der Waals surface area contributed by atoms with Crippen LogP contribution in [0.5, 0.6) is 0 Å². The molecule has 0 radical (unpaired) electrons. The normalized spacial score (nSPS) is 12.5. The first kappa shape index (κ1) is 17.5. The number of rotatable bonds is 4. The molecular weight excluding hydrogens is 316 g/mol. The van der Waals surface area contributed by atoms with Crippen LogP contribution in [0.2, 0.25) is 0 Å². The van der Waals surface area contributed by atoms with Gasteiger partial charge in [-0.05, 0) is 58.0 Å². The third-order valence-corrected chi connectivity index (χ3v) is 4.68. The molecule has 0 saturated carbocycles. The smallest absolute Gasteiger partial charge is 0.418 e. The van der Waals surface area contributed by atoms with Gasteiger partial charge in [0.05, 0.1) is 11.3 Å². The Morgan fingerprint density at radius 2 is 1.96 bits per heavy atom. The van der Waals surface area contributed by atoms with E-state index in [-0.39, 0.29) is 5.75 Å². The van der Waals surface area contributed by atoms with Gasteiger partial charge in [0.15, 0.2) is 0 Å². The monoisotopic (exact) mass is 338 g/mol. The van der Waals surface area contributed by atoms with E-state index in [2.05, 4.69) is 4.72 Å². The zero-order valence-electron chi connectivity index (χ0n) is 13.8. The van der Waals surface area contributed by atoms with Gasteiger partial charge in [0.1, 0.15) is 5.60 Å². The average Bonchev–Trinajstić information content (AvgIpc) is 2.86. The Hall–Kier alpha value is -1.86. The molecule has 1 aromatic carbocycles. The lowest BCUT2D eigenvalue weighted by Crippen LogP contribution is -2.26. The second-order valence-electron chi connectivity index (χ2n) is 6.33. The Morgan fingerprint density at radius 3 is 2.57 bits per heavy atom. The Labute approximate surface area is 136 Å². The molecule has 0 aliphatic rings. The number of aryl methyl sites for hydroxylation is 1. The molecule has 0 atom stereocenters. The molecule has 23 heavy (non-hydrogen) atoms. The summed E-state index contributed by atoms with van der Waals surface area (Å²) in [7, 11) is -1.83. The summed E-state index contributed by atoms with van der Waals surface area (Å²) < 4.78 is 32.1. The van der Waals surface area contributed by atoms with Crippen molar-refractivity contribution >= 4 is 27.0 Å². The fourth-order valence-corrected chi connectivity index (χ4v) is 2.88. The van der Waals surface area contributed by atoms with Gasteiger partial charge in [-0.3, -0.25) is 4.57 Å². The molecule has 0 spiro atoms. The topological polar surface area (TPSA) is 77.4 Å². The highest BCUT2D eigenvalue weighted by Crippen LogP contribution is 2.20. The van der Waals surface area contributed by atoms with Crippen LogP contribution < -0.4 is 4.72 Å². The molecule has 0 saturated heterocycles. The molecule has 1 aromatic heterocycles. The van der Waals surface area contributed by atoms with E-state index >= 15 is 0 Å². The van der Waals surface area contributed by atoms with Gasteiger partial charge in [-0.1, -0.05) is 6.07 Å². The van der Waals surface area contributed by atoms with Crippen LogP contribution in [-0.4, -0.2) is 37.5 Å². The Kier molecular flexibility index (Phi) is 4.81. The lowest BCUT2D eigenvalue weighted by molar-refractivity contribution is 0.0544. The van der Waals surface area contributed by atoms with Crippen molar-refractivity contribution in [1.82, 2.24) is 9.29 Å². The second-order valence-corrected chi connectivity index (χ2v) is 8.38. The fourth-order valence-electron chi connectivity index (χ4n) is 2.17. The standard InChI is InChI=1S/C16H22N2O4S/c1-16(2,3)22-15(19)18-9-7-13-11-12(5-6-14(13)18)8-10-23(20,21)17-4/h5-7,9,11,17H,8,10H2,1-4H3. The maximum atomic E-state index is 12.2. The van der Waals surface area contributed by atoms with E-state index < -0.39 is 21.7 Å². The maximum absolute atomic E-state index is 12.2. The first-order valence-electron chi connectivity index (χ1n) is 7.36. The number of sulfonamides is 1. The number of hydrogen-bond donors (Lipinski definition) is 1. The lowest BCUT2D eigenvalue weighted by Gasteiger charge is -2.19. The minimum Gasteiger partial charge on any atom is -0.443 e. The number of hydrogen-bond acceptors (Lipinski definition) is 4. The van der Waals surface area contributed by atoms with Crippen molar-refractivity contribution < 1.29 is 17.9 Å². The molecule has 2 rings (SSSR count). The summed E-state index contributed by atoms with van der Waals surface area (Å²) in [5, 5.41) is 0.871. The fraction of sp³-hybridized carbons (Fsp3) is 0.438. The molecule has 0 amide bonds. The van der Waals surface area contributed by atoms with Crippen LogP contribution >= 0.6 is 0 Å². The number of fused-ring (bicyclic) bond motifs is 1. The number of nitrogens with one attached hydrogen (secondary N) is 1. The van der Waals surface area contributed by atoms with Gasteiger partial charge in [0, 0.05) is 11.6 Å². The predicted molar refractivity (Wildman–Crippen MR) is 90.1 cm³/mol. The van der Waals surface area contributed by atoms with Crippen molar-refractivity contribution in [2.75, 3.05) is 12.8 Å². The summed E-state index contributed by atoms with van der Waals surface area (Å²) in [6.07, 6.45) is 1.64. The number of aromatic nitrogens is 1. The van der Waals surface area contributed by atoms with Crippen molar-refractivity contribution in [2.45, 2.75) is 32.8 Å². The van der Waals surface area contributed by atoms with Crippen molar-refractivity contribution in [3.05, 3.63) is 36.0 Å². The van der Waals surface area contributed by atoms with Crippen LogP contribution in [-0.2, 0) is 21.2 Å². The summed E-state index contributed by atoms with van der Waals surface area (Å²) in [6.45, 7) is 5.45. The van der Waals surface area contributed by atoms with E-state index in [0.29, 0.717) is 6.42 Å². The van der Waals surface area contributed by atoms with Gasteiger partial charge >= 0.3 is 6.09 Å². The van der Waals surface area contributed by atoms with E-state index in [0.717, 1.165) is 16.5 Å². The molecule has 0 aliphatic heterocycles. The number of nitrogens with zero attached hydrogens (tertiary/aromatic N) is 1. The van der Waals surface area contributed by atoms with Crippen LogP contribution in [0.25, 0.3) is 10.9 Å². The minimum atomic E-state index is -3.23. The molecule has 0 fully saturated rings. The van der Waals surface area contributed by atoms with E-state index in [1.807, 2.05) is 39.0 Å². The van der Waals surface area contributed by atoms with Crippen molar-refractivity contribution in [3.8, 4) is 0 Å². The van der Waals surface area contributed by atoms with Crippen molar-refractivity contribution in [1.29, 1.82) is 0 Å². The molecule has 2 aromatic rings. The first-order chi connectivity index (χ1) is 10.6. The summed E-state index contributed by atoms with van der Waals surface area (Å²) in [5.41, 5.74) is 1.08. The lowest BCUT2D eigenvalue weighted by atomic mass is 10.1. The Balaban J connectivity index is 2.22. The van der Waals surface area contributed by atoms with Gasteiger partial charge in [-0.15, -0.1) is 0 Å². The van der Waals surface area contributed by atoms with Crippen LogP contribution in [0.4, 0.5) is 4.79 Å². The highest BCUT2D eigenvalue weighted by molar-refractivity contribution is 7.89. The Morgan fingerprint density at radius 1 is 1.26 bits per heavy atom. The van der Waals surface area contributed by atoms with E-state index in [1.54, 1.807) is 12.3 Å². The molecule has 6 nitrogen and oxygen atoms in total. The summed E-state index contributed by atoms with van der Waals surface area (Å²) >= 11 is 0. The van der Waals surface area contributed by atoms with E-state index in [4.69, 9.17) is 4.74 Å². The van der Waals surface area contributed by atoms with Gasteiger partial charge in [0.2, 0.25) is 10.0 Å². The molecule has 126 valence electrons. The summed E-state index contributed by atoms with van der Waals surface area (Å²) in [4.78, 5) is 12.2. The zero-order valence-corrected chi connectivity index (χ0v) is 14.6. The maximum Gasteiger partial charge on any atom is 0.418 e. The highest BCUT2D eigenvalue weighted by atomic mass is 32.2. The Bertz CT molecular complexity index is 816. The SMILES string of the molecule is CNS(=O)(=O)CCc1ccc2c(ccn2C(=O)OC(C)(C)C)c1. The third kappa shape index (κ3) is 4.56. The molecule has 0 aliphatic carbocycles. The molecule has 1 N–H and O–H groups in total. The summed E-state index contributed by atoms with van der Waals surface area (Å²) in [6, 6.07) is 7.34. The summed E-state index contributed by atoms with van der Waals surface area (Å²) in [5.74, 6) is 0.0295. The number of benzene rings is 1. The largest absolute Gasteiger partial charge is 0.443 e. The van der Waals surface area contributed by atoms with Gasteiger partial charge in [-0.25, -0.2) is 17.9 Å². The molecule has 7 heteroatoms. The molecule has 0 unspecified atom stereocenters. The number of carbonyl (C=O) groups is 1.